The zero-order chi connectivity index (χ0) is 27.4. The van der Waals surface area contributed by atoms with E-state index in [9.17, 15) is 18.3 Å². The molecule has 1 aliphatic rings. The van der Waals surface area contributed by atoms with Crippen molar-refractivity contribution in [1.82, 2.24) is 4.31 Å². The first kappa shape index (κ1) is 29.3. The van der Waals surface area contributed by atoms with Gasteiger partial charge in [0.25, 0.3) is 0 Å². The van der Waals surface area contributed by atoms with E-state index >= 15 is 0 Å². The van der Waals surface area contributed by atoms with Crippen LogP contribution in [0, 0.1) is 5.82 Å². The zero-order valence-electron chi connectivity index (χ0n) is 22.2. The summed E-state index contributed by atoms with van der Waals surface area (Å²) in [7, 11) is -1.66. The number of hydrogen-bond acceptors (Lipinski definition) is 8. The van der Waals surface area contributed by atoms with Gasteiger partial charge in [-0.2, -0.15) is 0 Å². The summed E-state index contributed by atoms with van der Waals surface area (Å²) in [5, 5.41) is 0. The Morgan fingerprint density at radius 1 is 1.24 bits per heavy atom. The van der Waals surface area contributed by atoms with Gasteiger partial charge >= 0.3 is 5.97 Å². The molecule has 2 aromatic rings. The highest BCUT2D eigenvalue weighted by Gasteiger charge is 2.38. The number of likely N-dealkylation sites (N-methyl/N-ethyl adjacent to an activating group) is 1. The lowest BCUT2D eigenvalue weighted by Crippen LogP contribution is -2.39. The highest BCUT2D eigenvalue weighted by atomic mass is 32.3. The number of anilines is 2. The van der Waals surface area contributed by atoms with Crippen molar-refractivity contribution in [3.05, 3.63) is 54.6 Å². The fourth-order valence-electron chi connectivity index (χ4n) is 4.08. The maximum atomic E-state index is 13.7. The third-order valence-electron chi connectivity index (χ3n) is 5.98. The predicted octanol–water partition coefficient (Wildman–Crippen LogP) is 7.45. The van der Waals surface area contributed by atoms with Crippen LogP contribution >= 0.6 is 22.5 Å². The molecule has 0 fully saturated rings. The van der Waals surface area contributed by atoms with E-state index < -0.39 is 22.3 Å². The lowest BCUT2D eigenvalue weighted by molar-refractivity contribution is -0.148. The van der Waals surface area contributed by atoms with Crippen LogP contribution in [0.15, 0.2) is 58.5 Å². The molecule has 1 atom stereocenters. The van der Waals surface area contributed by atoms with Crippen LogP contribution in [0.3, 0.4) is 0 Å². The minimum Gasteiger partial charge on any atom is -0.463 e. The van der Waals surface area contributed by atoms with E-state index in [-0.39, 0.29) is 11.9 Å². The quantitative estimate of drug-likeness (QED) is 0.151. The molecule has 0 radical (unpaired) electrons. The lowest BCUT2D eigenvalue weighted by atomic mass is 10.1. The Bertz CT molecular complexity index is 1120. The highest BCUT2D eigenvalue weighted by molar-refractivity contribution is 8.22. The molecule has 1 unspecified atom stereocenters. The molecule has 1 heterocycles. The first-order chi connectivity index (χ1) is 17.4. The van der Waals surface area contributed by atoms with Crippen molar-refractivity contribution in [1.29, 1.82) is 0 Å². The van der Waals surface area contributed by atoms with E-state index in [1.165, 1.54) is 36.2 Å². The summed E-state index contributed by atoms with van der Waals surface area (Å²) in [5.74, 6) is -0.503. The first-order valence-electron chi connectivity index (χ1n) is 12.2. The highest BCUT2D eigenvalue weighted by Crippen LogP contribution is 2.60. The number of thioether (sulfide) groups is 1. The number of halogens is 1. The predicted molar refractivity (Wildman–Crippen MR) is 149 cm³/mol. The minimum atomic E-state index is -3.39. The topological polar surface area (TPSA) is 82.5 Å². The molecule has 0 aromatic heterocycles. The molecule has 0 amide bonds. The summed E-state index contributed by atoms with van der Waals surface area (Å²) < 4.78 is 49.5. The standard InChI is InChI=1S/C27H37FN2O5S2/c1-7-8-9-21-18-30(20-12-10-19(28)11-13-20)22-16-24(36-6)23(17-25(22)37(32,33)29(21)5)34-15-14-26(31)35-27(2,3)4/h10-17,21,32-33H,7-9,18H2,1-6H3/b15-14+. The van der Waals surface area contributed by atoms with Gasteiger partial charge in [0, 0.05) is 31.4 Å². The van der Waals surface area contributed by atoms with Crippen LogP contribution in [0.1, 0.15) is 47.0 Å². The third-order valence-corrected chi connectivity index (χ3v) is 8.75. The van der Waals surface area contributed by atoms with Crippen molar-refractivity contribution < 1.29 is 27.8 Å². The van der Waals surface area contributed by atoms with E-state index in [1.807, 2.05) is 17.2 Å². The number of unbranched alkanes of at least 4 members (excludes halogenated alkanes) is 1. The van der Waals surface area contributed by atoms with Gasteiger partial charge in [-0.3, -0.25) is 9.11 Å². The number of carbonyl (C=O) groups excluding carboxylic acids is 1. The number of benzene rings is 2. The van der Waals surface area contributed by atoms with E-state index in [1.54, 1.807) is 50.3 Å². The second-order valence-electron chi connectivity index (χ2n) is 9.87. The summed E-state index contributed by atoms with van der Waals surface area (Å²) >= 11 is 1.43. The van der Waals surface area contributed by atoms with E-state index in [0.717, 1.165) is 29.8 Å². The SMILES string of the molecule is CCCCC1CN(c2ccc(F)cc2)c2cc(SC)c(O/C=C/C(=O)OC(C)(C)C)cc2S(O)(O)N1C. The van der Waals surface area contributed by atoms with Crippen LogP contribution < -0.4 is 9.64 Å². The number of carbonyl (C=O) groups is 1. The fraction of sp³-hybridized carbons (Fsp3) is 0.444. The summed E-state index contributed by atoms with van der Waals surface area (Å²) in [6.45, 7) is 7.93. The van der Waals surface area contributed by atoms with Gasteiger partial charge in [-0.05, 0) is 63.8 Å². The number of rotatable bonds is 8. The average Bonchev–Trinajstić information content (AvgIpc) is 2.90. The van der Waals surface area contributed by atoms with Gasteiger partial charge in [0.1, 0.15) is 22.1 Å². The van der Waals surface area contributed by atoms with Crippen LogP contribution in [-0.2, 0) is 9.53 Å². The van der Waals surface area contributed by atoms with Crippen molar-refractivity contribution in [3.63, 3.8) is 0 Å². The third kappa shape index (κ3) is 7.20. The summed E-state index contributed by atoms with van der Waals surface area (Å²) in [6, 6.07) is 9.50. The molecule has 0 aliphatic carbocycles. The Morgan fingerprint density at radius 3 is 2.51 bits per heavy atom. The maximum absolute atomic E-state index is 13.7. The maximum Gasteiger partial charge on any atom is 0.334 e. The summed E-state index contributed by atoms with van der Waals surface area (Å²) in [5.41, 5.74) is 0.737. The summed E-state index contributed by atoms with van der Waals surface area (Å²) in [6.07, 6.45) is 7.00. The Kier molecular flexibility index (Phi) is 9.57. The van der Waals surface area contributed by atoms with Crippen LogP contribution in [0.4, 0.5) is 15.8 Å². The van der Waals surface area contributed by atoms with Crippen molar-refractivity contribution >= 4 is 39.9 Å². The summed E-state index contributed by atoms with van der Waals surface area (Å²) in [4.78, 5) is 15.1. The van der Waals surface area contributed by atoms with Crippen molar-refractivity contribution in [2.45, 2.75) is 68.4 Å². The van der Waals surface area contributed by atoms with E-state index in [2.05, 4.69) is 6.92 Å². The molecule has 3 rings (SSSR count). The number of esters is 1. The molecular weight excluding hydrogens is 515 g/mol. The molecule has 0 spiro atoms. The molecule has 0 bridgehead atoms. The molecule has 10 heteroatoms. The number of ether oxygens (including phenoxy) is 2. The molecule has 1 aliphatic heterocycles. The van der Waals surface area contributed by atoms with Crippen LogP contribution in [-0.4, -0.2) is 50.9 Å². The molecule has 204 valence electrons. The normalized spacial score (nSPS) is 18.8. The molecule has 2 N–H and O–H groups in total. The lowest BCUT2D eigenvalue weighted by Gasteiger charge is -2.43. The Hall–Kier alpha value is -2.24. The molecule has 0 saturated heterocycles. The van der Waals surface area contributed by atoms with E-state index in [0.29, 0.717) is 22.9 Å². The first-order valence-corrected chi connectivity index (χ1v) is 14.9. The molecule has 37 heavy (non-hydrogen) atoms. The zero-order valence-corrected chi connectivity index (χ0v) is 23.9. The van der Waals surface area contributed by atoms with Gasteiger partial charge < -0.3 is 14.4 Å². The molecule has 7 nitrogen and oxygen atoms in total. The van der Waals surface area contributed by atoms with Crippen LogP contribution in [0.5, 0.6) is 5.75 Å². The van der Waals surface area contributed by atoms with Gasteiger partial charge in [0.2, 0.25) is 0 Å². The van der Waals surface area contributed by atoms with Gasteiger partial charge in [-0.25, -0.2) is 13.5 Å². The van der Waals surface area contributed by atoms with Crippen LogP contribution in [0.25, 0.3) is 0 Å². The smallest absolute Gasteiger partial charge is 0.334 e. The molecule has 0 saturated carbocycles. The van der Waals surface area contributed by atoms with Gasteiger partial charge in [0.05, 0.1) is 22.9 Å². The van der Waals surface area contributed by atoms with E-state index in [4.69, 9.17) is 9.47 Å². The van der Waals surface area contributed by atoms with Gasteiger partial charge in [0.15, 0.2) is 0 Å². The van der Waals surface area contributed by atoms with Crippen LogP contribution in [0.2, 0.25) is 0 Å². The molecule has 2 aromatic carbocycles. The Labute approximate surface area is 225 Å². The van der Waals surface area contributed by atoms with Gasteiger partial charge in [-0.1, -0.05) is 19.8 Å². The van der Waals surface area contributed by atoms with Crippen molar-refractivity contribution in [2.75, 3.05) is 24.7 Å². The monoisotopic (exact) mass is 552 g/mol. The minimum absolute atomic E-state index is 0.156. The van der Waals surface area contributed by atoms with Crippen molar-refractivity contribution in [3.8, 4) is 5.75 Å². The van der Waals surface area contributed by atoms with Gasteiger partial charge in [-0.15, -0.1) is 22.5 Å². The fourth-order valence-corrected chi connectivity index (χ4v) is 6.23. The number of nitrogens with zero attached hydrogens (tertiary/aromatic N) is 2. The second kappa shape index (κ2) is 12.1. The average molecular weight is 553 g/mol. The largest absolute Gasteiger partial charge is 0.463 e. The Morgan fingerprint density at radius 2 is 1.92 bits per heavy atom. The second-order valence-corrected chi connectivity index (χ2v) is 12.8. The number of hydrogen-bond donors (Lipinski definition) is 2. The van der Waals surface area contributed by atoms with Crippen molar-refractivity contribution in [2.24, 2.45) is 0 Å². The number of fused-ring (bicyclic) bond motifs is 1. The molecular formula is C27H37FN2O5S2. The Balaban J connectivity index is 2.08.